The van der Waals surface area contributed by atoms with Gasteiger partial charge in [-0.1, -0.05) is 29.3 Å². The Morgan fingerprint density at radius 1 is 1.34 bits per heavy atom. The van der Waals surface area contributed by atoms with Crippen LogP contribution >= 0.6 is 23.2 Å². The lowest BCUT2D eigenvalue weighted by atomic mass is 10.1. The summed E-state index contributed by atoms with van der Waals surface area (Å²) < 4.78 is 14.6. The Morgan fingerprint density at radius 3 is 2.94 bits per heavy atom. The standard InChI is InChI=1S/C22H28Cl2N6O2/c1-31-9-4-8-28(26)14-19(25)29-13-17(16-6-7-18(23)21(24)22(16)29)15-11-27-30(12-15)20-5-2-3-10-32-20/h6-7,11-14,20H,2-5,8-10,25-26H2,1H3/b19-14+. The van der Waals surface area contributed by atoms with Crippen LogP contribution in [0.2, 0.25) is 10.0 Å². The molecule has 0 saturated carbocycles. The largest absolute Gasteiger partial charge is 0.385 e. The summed E-state index contributed by atoms with van der Waals surface area (Å²) in [6.07, 6.45) is 11.4. The Kier molecular flexibility index (Phi) is 7.27. The smallest absolute Gasteiger partial charge is 0.150 e. The van der Waals surface area contributed by atoms with E-state index in [-0.39, 0.29) is 6.23 Å². The molecule has 1 unspecified atom stereocenters. The van der Waals surface area contributed by atoms with E-state index < -0.39 is 0 Å². The molecule has 1 saturated heterocycles. The third kappa shape index (κ3) is 4.74. The highest BCUT2D eigenvalue weighted by molar-refractivity contribution is 6.45. The quantitative estimate of drug-likeness (QED) is 0.282. The molecule has 2 aromatic heterocycles. The predicted molar refractivity (Wildman–Crippen MR) is 128 cm³/mol. The second-order valence-corrected chi connectivity index (χ2v) is 8.62. The number of hydrogen-bond donors (Lipinski definition) is 2. The highest BCUT2D eigenvalue weighted by Crippen LogP contribution is 2.39. The minimum absolute atomic E-state index is 0.0354. The van der Waals surface area contributed by atoms with Crippen LogP contribution in [-0.2, 0) is 9.47 Å². The van der Waals surface area contributed by atoms with Gasteiger partial charge in [-0.3, -0.25) is 4.57 Å². The van der Waals surface area contributed by atoms with Crippen LogP contribution in [0.4, 0.5) is 0 Å². The Morgan fingerprint density at radius 2 is 2.19 bits per heavy atom. The van der Waals surface area contributed by atoms with Gasteiger partial charge in [0.1, 0.15) is 12.0 Å². The molecule has 4 N–H and O–H groups in total. The van der Waals surface area contributed by atoms with Crippen molar-refractivity contribution in [3.63, 3.8) is 0 Å². The van der Waals surface area contributed by atoms with Crippen LogP contribution in [0.25, 0.3) is 27.9 Å². The normalized spacial score (nSPS) is 17.2. The third-order valence-electron chi connectivity index (χ3n) is 5.56. The van der Waals surface area contributed by atoms with Crippen molar-refractivity contribution in [2.45, 2.75) is 31.9 Å². The molecule has 1 fully saturated rings. The SMILES string of the molecule is COCCCN(N)/C=C(\N)n1cc(-c2cnn(C3CCCCO3)c2)c2ccc(Cl)c(Cl)c21. The van der Waals surface area contributed by atoms with Crippen molar-refractivity contribution < 1.29 is 9.47 Å². The number of methoxy groups -OCH3 is 1. The van der Waals surface area contributed by atoms with Gasteiger partial charge in [0.25, 0.3) is 0 Å². The molecular formula is C22H28Cl2N6O2. The number of halogens is 2. The van der Waals surface area contributed by atoms with Gasteiger partial charge in [0, 0.05) is 55.8 Å². The van der Waals surface area contributed by atoms with Crippen LogP contribution in [0.5, 0.6) is 0 Å². The fraction of sp³-hybridized carbons (Fsp3) is 0.409. The van der Waals surface area contributed by atoms with E-state index in [1.54, 1.807) is 19.4 Å². The van der Waals surface area contributed by atoms with Crippen molar-refractivity contribution in [2.75, 3.05) is 26.9 Å². The van der Waals surface area contributed by atoms with Crippen LogP contribution in [0, 0.1) is 0 Å². The number of hydrazine groups is 1. The summed E-state index contributed by atoms with van der Waals surface area (Å²) in [5, 5.41) is 7.88. The summed E-state index contributed by atoms with van der Waals surface area (Å²) in [5.41, 5.74) is 9.03. The van der Waals surface area contributed by atoms with Crippen molar-refractivity contribution >= 4 is 39.9 Å². The van der Waals surface area contributed by atoms with Crippen LogP contribution in [0.3, 0.4) is 0 Å². The summed E-state index contributed by atoms with van der Waals surface area (Å²) in [6.45, 7) is 1.98. The molecule has 1 aliphatic heterocycles. The molecule has 1 aromatic carbocycles. The second-order valence-electron chi connectivity index (χ2n) is 7.84. The second kappa shape index (κ2) is 10.1. The maximum Gasteiger partial charge on any atom is 0.150 e. The molecule has 4 rings (SSSR count). The van der Waals surface area contributed by atoms with Crippen LogP contribution in [0.15, 0.2) is 36.9 Å². The number of rotatable bonds is 8. The first kappa shape index (κ1) is 22.9. The summed E-state index contributed by atoms with van der Waals surface area (Å²) in [7, 11) is 1.66. The monoisotopic (exact) mass is 478 g/mol. The van der Waals surface area contributed by atoms with E-state index in [1.165, 1.54) is 5.01 Å². The van der Waals surface area contributed by atoms with Crippen molar-refractivity contribution in [3.05, 3.63) is 47.0 Å². The number of aromatic nitrogens is 3. The average molecular weight is 479 g/mol. The maximum atomic E-state index is 6.60. The summed E-state index contributed by atoms with van der Waals surface area (Å²) in [5.74, 6) is 6.51. The van der Waals surface area contributed by atoms with Crippen LogP contribution < -0.4 is 11.6 Å². The van der Waals surface area contributed by atoms with E-state index in [2.05, 4.69) is 5.10 Å². The zero-order valence-corrected chi connectivity index (χ0v) is 19.5. The van der Waals surface area contributed by atoms with E-state index in [4.69, 9.17) is 44.3 Å². The molecule has 3 heterocycles. The topological polar surface area (TPSA) is 96.5 Å². The average Bonchev–Trinajstić information content (AvgIpc) is 3.42. The lowest BCUT2D eigenvalue weighted by Gasteiger charge is -2.22. The van der Waals surface area contributed by atoms with Crippen molar-refractivity contribution in [2.24, 2.45) is 11.6 Å². The van der Waals surface area contributed by atoms with Gasteiger partial charge in [-0.05, 0) is 31.7 Å². The fourth-order valence-electron chi connectivity index (χ4n) is 3.94. The molecule has 10 heteroatoms. The number of fused-ring (bicyclic) bond motifs is 1. The zero-order chi connectivity index (χ0) is 22.7. The van der Waals surface area contributed by atoms with Crippen molar-refractivity contribution in [3.8, 4) is 11.1 Å². The molecule has 8 nitrogen and oxygen atoms in total. The first-order chi connectivity index (χ1) is 15.5. The molecule has 3 aromatic rings. The molecule has 1 aliphatic rings. The Labute approximate surface area is 197 Å². The Balaban J connectivity index is 1.72. The minimum Gasteiger partial charge on any atom is -0.385 e. The lowest BCUT2D eigenvalue weighted by Crippen LogP contribution is -2.28. The van der Waals surface area contributed by atoms with Gasteiger partial charge in [0.05, 0.1) is 28.0 Å². The third-order valence-corrected chi connectivity index (χ3v) is 6.36. The molecule has 32 heavy (non-hydrogen) atoms. The molecule has 1 atom stereocenters. The highest BCUT2D eigenvalue weighted by atomic mass is 35.5. The van der Waals surface area contributed by atoms with Gasteiger partial charge in [-0.15, -0.1) is 0 Å². The number of nitrogens with zero attached hydrogens (tertiary/aromatic N) is 4. The maximum absolute atomic E-state index is 6.60. The summed E-state index contributed by atoms with van der Waals surface area (Å²) in [6, 6.07) is 3.73. The molecule has 172 valence electrons. The number of nitrogens with two attached hydrogens (primary N) is 2. The van der Waals surface area contributed by atoms with E-state index in [0.29, 0.717) is 29.0 Å². The minimum atomic E-state index is -0.0354. The van der Waals surface area contributed by atoms with Crippen molar-refractivity contribution in [1.29, 1.82) is 0 Å². The molecule has 0 aliphatic carbocycles. The van der Waals surface area contributed by atoms with E-state index in [9.17, 15) is 0 Å². The number of benzene rings is 1. The van der Waals surface area contributed by atoms with Gasteiger partial charge < -0.3 is 20.2 Å². The lowest BCUT2D eigenvalue weighted by molar-refractivity contribution is -0.0394. The first-order valence-corrected chi connectivity index (χ1v) is 11.4. The Bertz CT molecular complexity index is 1100. The van der Waals surface area contributed by atoms with E-state index in [0.717, 1.165) is 54.3 Å². The predicted octanol–water partition coefficient (Wildman–Crippen LogP) is 4.44. The molecule has 0 radical (unpaired) electrons. The first-order valence-electron chi connectivity index (χ1n) is 10.6. The van der Waals surface area contributed by atoms with Gasteiger partial charge >= 0.3 is 0 Å². The summed E-state index contributed by atoms with van der Waals surface area (Å²) >= 11 is 12.9. The van der Waals surface area contributed by atoms with E-state index >= 15 is 0 Å². The van der Waals surface area contributed by atoms with Gasteiger partial charge in [0.15, 0.2) is 0 Å². The number of hydrogen-bond acceptors (Lipinski definition) is 6. The Hall–Kier alpha value is -2.23. The van der Waals surface area contributed by atoms with Crippen LogP contribution in [0.1, 0.15) is 31.9 Å². The van der Waals surface area contributed by atoms with Crippen LogP contribution in [-0.4, -0.2) is 46.2 Å². The van der Waals surface area contributed by atoms with Gasteiger partial charge in [0.2, 0.25) is 0 Å². The van der Waals surface area contributed by atoms with Crippen molar-refractivity contribution in [1.82, 2.24) is 19.4 Å². The number of ether oxygens (including phenoxy) is 2. The molecule has 0 bridgehead atoms. The molecular weight excluding hydrogens is 451 g/mol. The zero-order valence-electron chi connectivity index (χ0n) is 18.0. The highest BCUT2D eigenvalue weighted by Gasteiger charge is 2.20. The fourth-order valence-corrected chi connectivity index (χ4v) is 4.35. The summed E-state index contributed by atoms with van der Waals surface area (Å²) in [4.78, 5) is 0. The van der Waals surface area contributed by atoms with E-state index in [1.807, 2.05) is 33.9 Å². The van der Waals surface area contributed by atoms with Gasteiger partial charge in [-0.2, -0.15) is 5.10 Å². The molecule has 0 spiro atoms. The van der Waals surface area contributed by atoms with Gasteiger partial charge in [-0.25, -0.2) is 10.5 Å². The molecule has 0 amide bonds.